The third-order valence-corrected chi connectivity index (χ3v) is 5.20. The molecule has 0 aliphatic carbocycles. The van der Waals surface area contributed by atoms with E-state index in [-0.39, 0.29) is 23.7 Å². The Kier molecular flexibility index (Phi) is 5.85. The van der Waals surface area contributed by atoms with E-state index >= 15 is 0 Å². The number of hydrogen-bond acceptors (Lipinski definition) is 7. The van der Waals surface area contributed by atoms with E-state index in [0.717, 1.165) is 0 Å². The van der Waals surface area contributed by atoms with Crippen molar-refractivity contribution in [3.05, 3.63) is 87.2 Å². The molecule has 0 spiro atoms. The molecule has 0 radical (unpaired) electrons. The molecule has 1 aliphatic heterocycles. The fraction of sp³-hybridized carbons (Fsp3) is 0.250. The summed E-state index contributed by atoms with van der Waals surface area (Å²) in [7, 11) is 2.74. The lowest BCUT2D eigenvalue weighted by atomic mass is 9.88. The van der Waals surface area contributed by atoms with Gasteiger partial charge in [-0.15, -0.1) is 0 Å². The van der Waals surface area contributed by atoms with Crippen molar-refractivity contribution < 1.29 is 32.5 Å². The van der Waals surface area contributed by atoms with Gasteiger partial charge in [-0.1, -0.05) is 18.2 Å². The average molecular weight is 440 g/mol. The highest BCUT2D eigenvalue weighted by Crippen LogP contribution is 2.43. The molecule has 32 heavy (non-hydrogen) atoms. The van der Waals surface area contributed by atoms with Gasteiger partial charge in [-0.25, -0.2) is 14.0 Å². The van der Waals surface area contributed by atoms with Crippen LogP contribution in [0, 0.1) is 12.7 Å². The average Bonchev–Trinajstić information content (AvgIpc) is 3.16. The number of esters is 1. The highest BCUT2D eigenvalue weighted by atomic mass is 19.1. The van der Waals surface area contributed by atoms with Gasteiger partial charge in [0.25, 0.3) is 0 Å². The number of rotatable bonds is 6. The Hall–Kier alpha value is -3.81. The first-order chi connectivity index (χ1) is 15.4. The van der Waals surface area contributed by atoms with E-state index in [1.165, 1.54) is 26.4 Å². The number of carbonyl (C=O) groups excluding carboxylic acids is 1. The molecule has 0 fully saturated rings. The van der Waals surface area contributed by atoms with E-state index in [9.17, 15) is 14.0 Å². The van der Waals surface area contributed by atoms with Crippen LogP contribution in [0.4, 0.5) is 4.39 Å². The molecule has 1 aliphatic rings. The fourth-order valence-electron chi connectivity index (χ4n) is 3.76. The molecule has 7 nitrogen and oxygen atoms in total. The van der Waals surface area contributed by atoms with Crippen molar-refractivity contribution in [1.82, 2.24) is 0 Å². The maximum Gasteiger partial charge on any atom is 0.348 e. The SMILES string of the molecule is COC(=O)[C@@H]1Oc2cc(C)oc(=O)c2[C@@H]1c1ccc(OC)c(OCc2cccc(F)c2)c1. The third kappa shape index (κ3) is 4.03. The standard InChI is InChI=1S/C24H21FO7/c1-13-9-19-21(23(26)31-13)20(22(32-19)24(27)29-3)15-7-8-17(28-2)18(11-15)30-12-14-5-4-6-16(25)10-14/h4-11,20,22H,12H2,1-3H3/t20-,22+/m0/s1. The van der Waals surface area contributed by atoms with Crippen molar-refractivity contribution >= 4 is 5.97 Å². The quantitative estimate of drug-likeness (QED) is 0.540. The zero-order chi connectivity index (χ0) is 22.8. The van der Waals surface area contributed by atoms with Gasteiger partial charge < -0.3 is 23.4 Å². The van der Waals surface area contributed by atoms with Crippen LogP contribution in [0.1, 0.15) is 28.4 Å². The Morgan fingerprint density at radius 2 is 1.91 bits per heavy atom. The Morgan fingerprint density at radius 3 is 2.62 bits per heavy atom. The summed E-state index contributed by atoms with van der Waals surface area (Å²) in [4.78, 5) is 25.1. The van der Waals surface area contributed by atoms with E-state index in [0.29, 0.717) is 28.4 Å². The van der Waals surface area contributed by atoms with Gasteiger partial charge in [-0.2, -0.15) is 0 Å². The second kappa shape index (κ2) is 8.74. The number of fused-ring (bicyclic) bond motifs is 1. The molecule has 0 saturated heterocycles. The van der Waals surface area contributed by atoms with Crippen molar-refractivity contribution in [1.29, 1.82) is 0 Å². The van der Waals surface area contributed by atoms with Crippen molar-refractivity contribution in [2.24, 2.45) is 0 Å². The second-order valence-electron chi connectivity index (χ2n) is 7.29. The summed E-state index contributed by atoms with van der Waals surface area (Å²) in [5, 5.41) is 0. The summed E-state index contributed by atoms with van der Waals surface area (Å²) in [6, 6.07) is 12.7. The predicted octanol–water partition coefficient (Wildman–Crippen LogP) is 3.74. The molecule has 2 heterocycles. The van der Waals surface area contributed by atoms with E-state index in [4.69, 9.17) is 23.4 Å². The van der Waals surface area contributed by atoms with E-state index in [1.54, 1.807) is 43.3 Å². The van der Waals surface area contributed by atoms with Gasteiger partial charge in [0, 0.05) is 6.07 Å². The molecular formula is C24H21FO7. The molecule has 0 amide bonds. The van der Waals surface area contributed by atoms with Crippen LogP contribution >= 0.6 is 0 Å². The maximum atomic E-state index is 13.5. The molecule has 8 heteroatoms. The summed E-state index contributed by atoms with van der Waals surface area (Å²) >= 11 is 0. The van der Waals surface area contributed by atoms with Crippen LogP contribution in [0.3, 0.4) is 0 Å². The Bertz CT molecular complexity index is 1220. The first kappa shape index (κ1) is 21.4. The first-order valence-electron chi connectivity index (χ1n) is 9.85. The largest absolute Gasteiger partial charge is 0.493 e. The molecule has 2 aromatic carbocycles. The molecule has 0 saturated carbocycles. The van der Waals surface area contributed by atoms with Crippen molar-refractivity contribution in [3.63, 3.8) is 0 Å². The van der Waals surface area contributed by atoms with Crippen LogP contribution in [-0.4, -0.2) is 26.3 Å². The molecule has 4 rings (SSSR count). The molecule has 0 N–H and O–H groups in total. The lowest BCUT2D eigenvalue weighted by Gasteiger charge is -2.19. The normalized spacial score (nSPS) is 16.8. The van der Waals surface area contributed by atoms with Crippen LogP contribution in [0.5, 0.6) is 17.2 Å². The van der Waals surface area contributed by atoms with Crippen molar-refractivity contribution in [3.8, 4) is 17.2 Å². The van der Waals surface area contributed by atoms with Gasteiger partial charge >= 0.3 is 11.6 Å². The number of benzene rings is 2. The summed E-state index contributed by atoms with van der Waals surface area (Å²) in [6.07, 6.45) is -1.07. The number of hydrogen-bond donors (Lipinski definition) is 0. The number of carbonyl (C=O) groups is 1. The minimum Gasteiger partial charge on any atom is -0.493 e. The van der Waals surface area contributed by atoms with E-state index in [2.05, 4.69) is 0 Å². The molecule has 1 aromatic heterocycles. The number of ether oxygens (including phenoxy) is 4. The van der Waals surface area contributed by atoms with Gasteiger partial charge in [-0.3, -0.25) is 0 Å². The minimum atomic E-state index is -1.07. The zero-order valence-electron chi connectivity index (χ0n) is 17.7. The molecule has 3 aromatic rings. The zero-order valence-corrected chi connectivity index (χ0v) is 17.7. The monoisotopic (exact) mass is 440 g/mol. The Labute approximate surface area is 183 Å². The number of methoxy groups -OCH3 is 2. The Balaban J connectivity index is 1.74. The summed E-state index contributed by atoms with van der Waals surface area (Å²) in [6.45, 7) is 1.72. The molecule has 0 bridgehead atoms. The van der Waals surface area contributed by atoms with Crippen molar-refractivity contribution in [2.45, 2.75) is 25.6 Å². The minimum absolute atomic E-state index is 0.0943. The van der Waals surface area contributed by atoms with E-state index < -0.39 is 23.6 Å². The van der Waals surface area contributed by atoms with Crippen LogP contribution in [0.2, 0.25) is 0 Å². The number of aryl methyl sites for hydroxylation is 1. The van der Waals surface area contributed by atoms with Crippen LogP contribution < -0.4 is 19.8 Å². The van der Waals surface area contributed by atoms with Crippen LogP contribution in [0.15, 0.2) is 57.7 Å². The molecule has 166 valence electrons. The summed E-state index contributed by atoms with van der Waals surface area (Å²) < 4.78 is 40.7. The van der Waals surface area contributed by atoms with Gasteiger partial charge in [-0.05, 0) is 42.3 Å². The second-order valence-corrected chi connectivity index (χ2v) is 7.29. The van der Waals surface area contributed by atoms with Gasteiger partial charge in [0.2, 0.25) is 6.10 Å². The summed E-state index contributed by atoms with van der Waals surface area (Å²) in [5.41, 5.74) is 0.850. The van der Waals surface area contributed by atoms with Gasteiger partial charge in [0.1, 0.15) is 23.9 Å². The summed E-state index contributed by atoms with van der Waals surface area (Å²) in [5.74, 6) is -0.311. The lowest BCUT2D eigenvalue weighted by Crippen LogP contribution is -2.31. The van der Waals surface area contributed by atoms with Gasteiger partial charge in [0.05, 0.1) is 25.7 Å². The molecule has 0 unspecified atom stereocenters. The van der Waals surface area contributed by atoms with Crippen LogP contribution in [-0.2, 0) is 16.1 Å². The van der Waals surface area contributed by atoms with Crippen LogP contribution in [0.25, 0.3) is 0 Å². The fourth-order valence-corrected chi connectivity index (χ4v) is 3.76. The van der Waals surface area contributed by atoms with E-state index in [1.807, 2.05) is 0 Å². The number of halogens is 1. The Morgan fingerprint density at radius 1 is 1.09 bits per heavy atom. The molecule has 2 atom stereocenters. The predicted molar refractivity (Wildman–Crippen MR) is 112 cm³/mol. The van der Waals surface area contributed by atoms with Crippen molar-refractivity contribution in [2.75, 3.05) is 14.2 Å². The highest BCUT2D eigenvalue weighted by Gasteiger charge is 2.44. The highest BCUT2D eigenvalue weighted by molar-refractivity contribution is 5.79. The smallest absolute Gasteiger partial charge is 0.348 e. The maximum absolute atomic E-state index is 13.5. The van der Waals surface area contributed by atoms with Gasteiger partial charge in [0.15, 0.2) is 11.5 Å². The first-order valence-corrected chi connectivity index (χ1v) is 9.85. The topological polar surface area (TPSA) is 84.2 Å². The third-order valence-electron chi connectivity index (χ3n) is 5.20. The lowest BCUT2D eigenvalue weighted by molar-refractivity contribution is -0.148. The molecular weight excluding hydrogens is 419 g/mol.